The van der Waals surface area contributed by atoms with Crippen molar-refractivity contribution in [2.24, 2.45) is 35.3 Å². The van der Waals surface area contributed by atoms with Gasteiger partial charge in [-0.05, 0) is 86.5 Å². The van der Waals surface area contributed by atoms with E-state index in [2.05, 4.69) is 5.32 Å². The lowest BCUT2D eigenvalue weighted by atomic mass is 9.52. The molecule has 0 aromatic heterocycles. The Morgan fingerprint density at radius 3 is 2.30 bits per heavy atom. The number of amides is 2. The van der Waals surface area contributed by atoms with Crippen LogP contribution in [0.4, 0.5) is 5.69 Å². The molecular formula is C35H41N3O8. The largest absolute Gasteiger partial charge is 0.507 e. The average molecular weight is 632 g/mol. The summed E-state index contributed by atoms with van der Waals surface area (Å²) in [5, 5.41) is 36.7. The van der Waals surface area contributed by atoms with Gasteiger partial charge in [0.05, 0.1) is 17.6 Å². The monoisotopic (exact) mass is 631 g/mol. The van der Waals surface area contributed by atoms with Gasteiger partial charge in [0.1, 0.15) is 11.7 Å². The SMILES string of the molecule is CN(C)[C@@H]1C(O)[C@@H](C(N)=O)C(=O)[C@@]2(O)C(=O)C3C(=O)c4c(O)ccc(-c5ccc(NC(=O)CC6CCCCC6)cc5)c4C[C@H]3C[C@@H]12. The highest BCUT2D eigenvalue weighted by Gasteiger charge is 2.69. The number of nitrogens with two attached hydrogens (primary N) is 1. The van der Waals surface area contributed by atoms with Crippen LogP contribution in [0.2, 0.25) is 0 Å². The highest BCUT2D eigenvalue weighted by molar-refractivity contribution is 6.25. The number of benzene rings is 2. The molecule has 0 bridgehead atoms. The fourth-order valence-electron chi connectivity index (χ4n) is 8.69. The van der Waals surface area contributed by atoms with Gasteiger partial charge in [-0.15, -0.1) is 0 Å². The van der Waals surface area contributed by atoms with E-state index in [9.17, 15) is 39.3 Å². The maximum atomic E-state index is 14.0. The summed E-state index contributed by atoms with van der Waals surface area (Å²) in [5.41, 5.74) is 5.30. The standard InChI is InChI=1S/C35H41N3O8/c1-38(2)29-23-16-19-15-22-21(18-8-10-20(11-9-18)37-25(40)14-17-6-4-3-5-7-17)12-13-24(39)27(22)30(41)26(19)32(43)35(23,46)33(44)28(31(29)42)34(36)45/h8-13,17,19,23,26,28-29,31,39,42,46H,3-7,14-16H2,1-2H3,(H2,36,45)(H,37,40)/t19-,23-,26?,28+,29-,31?,35-/m0/s1. The zero-order valence-electron chi connectivity index (χ0n) is 26.1. The maximum Gasteiger partial charge on any atom is 0.230 e. The molecule has 244 valence electrons. The first-order valence-electron chi connectivity index (χ1n) is 16.1. The Balaban J connectivity index is 1.31. The Bertz CT molecular complexity index is 1600. The molecule has 0 aliphatic heterocycles. The second-order valence-corrected chi connectivity index (χ2v) is 13.8. The van der Waals surface area contributed by atoms with Crippen molar-refractivity contribution in [2.45, 2.75) is 69.1 Å². The van der Waals surface area contributed by atoms with Crippen molar-refractivity contribution in [2.75, 3.05) is 19.4 Å². The van der Waals surface area contributed by atoms with Gasteiger partial charge in [-0.2, -0.15) is 0 Å². The molecule has 11 nitrogen and oxygen atoms in total. The van der Waals surface area contributed by atoms with Crippen molar-refractivity contribution in [1.82, 2.24) is 4.90 Å². The number of aromatic hydroxyl groups is 1. The molecule has 2 aromatic carbocycles. The van der Waals surface area contributed by atoms with E-state index in [0.29, 0.717) is 29.2 Å². The van der Waals surface area contributed by atoms with Gasteiger partial charge in [0.25, 0.3) is 0 Å². The van der Waals surface area contributed by atoms with Crippen LogP contribution in [-0.4, -0.2) is 81.2 Å². The number of anilines is 1. The molecule has 4 aliphatic rings. The lowest BCUT2D eigenvalue weighted by molar-refractivity contribution is -0.190. The Morgan fingerprint density at radius 1 is 1.00 bits per heavy atom. The summed E-state index contributed by atoms with van der Waals surface area (Å²) in [6, 6.07) is 9.34. The van der Waals surface area contributed by atoms with E-state index in [1.54, 1.807) is 37.2 Å². The Morgan fingerprint density at radius 2 is 1.67 bits per heavy atom. The summed E-state index contributed by atoms with van der Waals surface area (Å²) in [6.45, 7) is 0. The van der Waals surface area contributed by atoms with Crippen LogP contribution in [0.5, 0.6) is 5.75 Å². The van der Waals surface area contributed by atoms with E-state index < -0.39 is 64.7 Å². The minimum Gasteiger partial charge on any atom is -0.507 e. The van der Waals surface area contributed by atoms with E-state index in [4.69, 9.17) is 5.73 Å². The zero-order chi connectivity index (χ0) is 33.1. The zero-order valence-corrected chi connectivity index (χ0v) is 26.1. The highest BCUT2D eigenvalue weighted by atomic mass is 16.3. The molecule has 2 unspecified atom stereocenters. The number of phenols is 1. The van der Waals surface area contributed by atoms with Gasteiger partial charge in [-0.25, -0.2) is 0 Å². The van der Waals surface area contributed by atoms with E-state index in [1.807, 2.05) is 12.1 Å². The summed E-state index contributed by atoms with van der Waals surface area (Å²) in [6.07, 6.45) is 4.87. The number of hydrogen-bond acceptors (Lipinski definition) is 9. The number of hydrogen-bond donors (Lipinski definition) is 5. The third-order valence-electron chi connectivity index (χ3n) is 10.9. The number of carbonyl (C=O) groups excluding carboxylic acids is 5. The number of fused-ring (bicyclic) bond motifs is 3. The average Bonchev–Trinajstić information content (AvgIpc) is 3.00. The number of Topliss-reactive ketones (excluding diaryl/α,β-unsaturated/α-hetero) is 3. The molecule has 11 heteroatoms. The van der Waals surface area contributed by atoms with Gasteiger partial charge < -0.3 is 31.3 Å². The van der Waals surface area contributed by atoms with Crippen LogP contribution in [0, 0.1) is 29.6 Å². The minimum atomic E-state index is -2.70. The van der Waals surface area contributed by atoms with Crippen LogP contribution in [0.1, 0.15) is 60.9 Å². The number of ketones is 3. The molecule has 3 fully saturated rings. The molecule has 7 atom stereocenters. The van der Waals surface area contributed by atoms with Crippen LogP contribution in [-0.2, 0) is 25.6 Å². The fourth-order valence-corrected chi connectivity index (χ4v) is 8.69. The molecule has 0 heterocycles. The second-order valence-electron chi connectivity index (χ2n) is 13.8. The van der Waals surface area contributed by atoms with Gasteiger partial charge in [-0.3, -0.25) is 24.0 Å². The Hall–Kier alpha value is -3.93. The van der Waals surface area contributed by atoms with E-state index in [-0.39, 0.29) is 30.1 Å². The first-order valence-corrected chi connectivity index (χ1v) is 16.1. The van der Waals surface area contributed by atoms with Gasteiger partial charge in [0, 0.05) is 24.1 Å². The number of rotatable bonds is 6. The molecule has 0 saturated heterocycles. The second kappa shape index (κ2) is 12.0. The maximum absolute atomic E-state index is 14.0. The number of aliphatic hydroxyl groups excluding tert-OH is 1. The number of nitrogens with one attached hydrogen (secondary N) is 1. The van der Waals surface area contributed by atoms with Crippen molar-refractivity contribution in [3.8, 4) is 16.9 Å². The molecule has 2 amide bonds. The van der Waals surface area contributed by atoms with Gasteiger partial charge in [-0.1, -0.05) is 37.5 Å². The topological polar surface area (TPSA) is 187 Å². The molecule has 0 spiro atoms. The van der Waals surface area contributed by atoms with Crippen LogP contribution < -0.4 is 11.1 Å². The fraction of sp³-hybridized carbons (Fsp3) is 0.514. The van der Waals surface area contributed by atoms with Gasteiger partial charge in [0.15, 0.2) is 23.0 Å². The predicted molar refractivity (Wildman–Crippen MR) is 168 cm³/mol. The first kappa shape index (κ1) is 32.0. The molecular weight excluding hydrogens is 590 g/mol. The Labute approximate surface area is 267 Å². The lowest BCUT2D eigenvalue weighted by Crippen LogP contribution is -2.75. The summed E-state index contributed by atoms with van der Waals surface area (Å²) in [5.74, 6) is -9.00. The number of carbonyl (C=O) groups is 5. The molecule has 6 N–H and O–H groups in total. The smallest absolute Gasteiger partial charge is 0.230 e. The molecule has 46 heavy (non-hydrogen) atoms. The molecule has 2 aromatic rings. The van der Waals surface area contributed by atoms with E-state index in [1.165, 1.54) is 12.5 Å². The number of nitrogens with zero attached hydrogens (tertiary/aromatic N) is 1. The van der Waals surface area contributed by atoms with E-state index in [0.717, 1.165) is 31.2 Å². The summed E-state index contributed by atoms with van der Waals surface area (Å²) < 4.78 is 0. The summed E-state index contributed by atoms with van der Waals surface area (Å²) >= 11 is 0. The quantitative estimate of drug-likeness (QED) is 0.298. The van der Waals surface area contributed by atoms with Crippen LogP contribution >= 0.6 is 0 Å². The van der Waals surface area contributed by atoms with Crippen molar-refractivity contribution < 1.29 is 39.3 Å². The molecule has 3 saturated carbocycles. The summed E-state index contributed by atoms with van der Waals surface area (Å²) in [7, 11) is 3.22. The Kier molecular flexibility index (Phi) is 8.37. The number of primary amides is 1. The van der Waals surface area contributed by atoms with Crippen molar-refractivity contribution >= 4 is 34.9 Å². The molecule has 6 rings (SSSR count). The highest BCUT2D eigenvalue weighted by Crippen LogP contribution is 2.52. The first-order chi connectivity index (χ1) is 21.8. The van der Waals surface area contributed by atoms with Crippen LogP contribution in [0.3, 0.4) is 0 Å². The molecule has 4 aliphatic carbocycles. The number of likely N-dealkylation sites (N-methyl/N-ethyl adjacent to an activating group) is 1. The van der Waals surface area contributed by atoms with Crippen molar-refractivity contribution in [3.05, 3.63) is 47.5 Å². The van der Waals surface area contributed by atoms with Gasteiger partial charge in [0.2, 0.25) is 11.8 Å². The van der Waals surface area contributed by atoms with E-state index >= 15 is 0 Å². The van der Waals surface area contributed by atoms with Crippen LogP contribution in [0.15, 0.2) is 36.4 Å². The predicted octanol–water partition coefficient (Wildman–Crippen LogP) is 2.23. The van der Waals surface area contributed by atoms with Crippen molar-refractivity contribution in [1.29, 1.82) is 0 Å². The normalized spacial score (nSPS) is 31.2. The summed E-state index contributed by atoms with van der Waals surface area (Å²) in [4.78, 5) is 68.0. The number of aliphatic hydroxyl groups is 2. The number of phenolic OH excluding ortho intramolecular Hbond substituents is 1. The van der Waals surface area contributed by atoms with Crippen LogP contribution in [0.25, 0.3) is 11.1 Å². The van der Waals surface area contributed by atoms with Crippen molar-refractivity contribution in [3.63, 3.8) is 0 Å². The minimum absolute atomic E-state index is 0.0234. The third kappa shape index (κ3) is 5.14. The lowest BCUT2D eigenvalue weighted by Gasteiger charge is -2.54. The molecule has 0 radical (unpaired) electrons. The third-order valence-corrected chi connectivity index (χ3v) is 10.9. The van der Waals surface area contributed by atoms with Gasteiger partial charge >= 0.3 is 0 Å².